The number of hydrogen-bond acceptors (Lipinski definition) is 5. The van der Waals surface area contributed by atoms with Crippen molar-refractivity contribution in [1.29, 1.82) is 5.26 Å². The van der Waals surface area contributed by atoms with Gasteiger partial charge < -0.3 is 4.74 Å². The van der Waals surface area contributed by atoms with Gasteiger partial charge in [0, 0.05) is 44.2 Å². The molecule has 1 unspecified atom stereocenters. The molecular weight excluding hydrogens is 440 g/mol. The summed E-state index contributed by atoms with van der Waals surface area (Å²) in [7, 11) is 0. The summed E-state index contributed by atoms with van der Waals surface area (Å²) in [6, 6.07) is 16.5. The number of thiophene rings is 1. The first kappa shape index (κ1) is 22.6. The Labute approximate surface area is 204 Å². The highest BCUT2D eigenvalue weighted by molar-refractivity contribution is 7.19. The van der Waals surface area contributed by atoms with Gasteiger partial charge in [-0.1, -0.05) is 50.1 Å². The third-order valence-corrected chi connectivity index (χ3v) is 8.50. The number of ether oxygens (including phenoxy) is 1. The van der Waals surface area contributed by atoms with Crippen LogP contribution in [0.4, 0.5) is 0 Å². The van der Waals surface area contributed by atoms with Gasteiger partial charge in [0.2, 0.25) is 0 Å². The number of nitriles is 1. The van der Waals surface area contributed by atoms with Gasteiger partial charge in [-0.3, -0.25) is 9.78 Å². The number of esters is 1. The van der Waals surface area contributed by atoms with Crippen molar-refractivity contribution in [3.8, 4) is 17.2 Å². The molecule has 1 fully saturated rings. The second-order valence-electron chi connectivity index (χ2n) is 9.18. The molecule has 0 aliphatic heterocycles. The molecule has 34 heavy (non-hydrogen) atoms. The summed E-state index contributed by atoms with van der Waals surface area (Å²) >= 11 is 1.78. The number of rotatable bonds is 6. The highest BCUT2D eigenvalue weighted by Crippen LogP contribution is 2.47. The molecule has 0 saturated heterocycles. The van der Waals surface area contributed by atoms with E-state index >= 15 is 0 Å². The summed E-state index contributed by atoms with van der Waals surface area (Å²) in [5.74, 6) is 0.376. The van der Waals surface area contributed by atoms with Gasteiger partial charge in [-0.25, -0.2) is 0 Å². The Morgan fingerprint density at radius 1 is 1.15 bits per heavy atom. The number of hydrogen-bond donors (Lipinski definition) is 0. The number of benzene rings is 2. The van der Waals surface area contributed by atoms with E-state index < -0.39 is 0 Å². The van der Waals surface area contributed by atoms with Crippen LogP contribution in [0.2, 0.25) is 0 Å². The maximum absolute atomic E-state index is 12.8. The van der Waals surface area contributed by atoms with E-state index in [-0.39, 0.29) is 17.8 Å². The minimum absolute atomic E-state index is 0.103. The molecule has 4 nitrogen and oxygen atoms in total. The first-order chi connectivity index (χ1) is 16.6. The van der Waals surface area contributed by atoms with E-state index in [1.807, 2.05) is 56.6 Å². The Balaban J connectivity index is 1.65. The third kappa shape index (κ3) is 3.97. The van der Waals surface area contributed by atoms with Gasteiger partial charge in [-0.15, -0.1) is 11.3 Å². The molecule has 2 heterocycles. The van der Waals surface area contributed by atoms with Crippen molar-refractivity contribution in [2.24, 2.45) is 11.8 Å². The number of aromatic nitrogens is 1. The number of fused-ring (bicyclic) bond motifs is 2. The maximum atomic E-state index is 12.8. The van der Waals surface area contributed by atoms with Crippen LogP contribution in [0, 0.1) is 23.2 Å². The maximum Gasteiger partial charge on any atom is 0.309 e. The lowest BCUT2D eigenvalue weighted by molar-refractivity contribution is -0.148. The predicted molar refractivity (Wildman–Crippen MR) is 138 cm³/mol. The second kappa shape index (κ2) is 9.56. The molecule has 0 bridgehead atoms. The Morgan fingerprint density at radius 2 is 1.91 bits per heavy atom. The van der Waals surface area contributed by atoms with Crippen molar-refractivity contribution in [3.63, 3.8) is 0 Å². The largest absolute Gasteiger partial charge is 0.466 e. The molecular formula is C29H28N2O2S. The average molecular weight is 469 g/mol. The Morgan fingerprint density at radius 3 is 2.65 bits per heavy atom. The van der Waals surface area contributed by atoms with Gasteiger partial charge in [0.05, 0.1) is 24.2 Å². The fourth-order valence-electron chi connectivity index (χ4n) is 5.59. The molecule has 2 aromatic carbocycles. The van der Waals surface area contributed by atoms with Gasteiger partial charge >= 0.3 is 5.97 Å². The zero-order chi connectivity index (χ0) is 23.7. The Hall–Kier alpha value is -3.23. The van der Waals surface area contributed by atoms with Crippen molar-refractivity contribution in [3.05, 3.63) is 65.3 Å². The van der Waals surface area contributed by atoms with Crippen LogP contribution in [-0.4, -0.2) is 17.6 Å². The number of carbonyl (C=O) groups is 1. The van der Waals surface area contributed by atoms with Crippen molar-refractivity contribution >= 4 is 38.2 Å². The standard InChI is InChI=1S/C29H28N2O2S/c1-3-33-29(32)18(2)27(19-8-4-5-9-19)26-14-21-16-31-17-25(28(21)34-26)24-13-12-20(15-30)22-10-6-7-11-23(22)24/h6-7,10-14,16-19,27H,3-5,8-9H2,1-2H3/t18-,27?/m0/s1. The number of nitrogens with zero attached hydrogens (tertiary/aromatic N) is 2. The average Bonchev–Trinajstić information content (AvgIpc) is 3.54. The minimum atomic E-state index is -0.178. The highest BCUT2D eigenvalue weighted by Gasteiger charge is 2.36. The number of carbonyl (C=O) groups excluding carboxylic acids is 1. The predicted octanol–water partition coefficient (Wildman–Crippen LogP) is 7.46. The van der Waals surface area contributed by atoms with E-state index in [4.69, 9.17) is 4.74 Å². The molecule has 1 saturated carbocycles. The Bertz CT molecular complexity index is 1390. The van der Waals surface area contributed by atoms with Crippen LogP contribution in [0.1, 0.15) is 55.9 Å². The highest BCUT2D eigenvalue weighted by atomic mass is 32.1. The summed E-state index contributed by atoms with van der Waals surface area (Å²) in [6.45, 7) is 4.31. The molecule has 0 amide bonds. The van der Waals surface area contributed by atoms with Crippen LogP contribution in [0.15, 0.2) is 54.9 Å². The van der Waals surface area contributed by atoms with Crippen LogP contribution in [0.25, 0.3) is 32.0 Å². The van der Waals surface area contributed by atoms with Crippen molar-refractivity contribution < 1.29 is 9.53 Å². The smallest absolute Gasteiger partial charge is 0.309 e. The lowest BCUT2D eigenvalue weighted by atomic mass is 9.80. The zero-order valence-electron chi connectivity index (χ0n) is 19.6. The van der Waals surface area contributed by atoms with Gasteiger partial charge in [0.15, 0.2) is 0 Å². The van der Waals surface area contributed by atoms with E-state index in [1.165, 1.54) is 22.4 Å². The molecule has 172 valence electrons. The second-order valence-corrected chi connectivity index (χ2v) is 10.3. The minimum Gasteiger partial charge on any atom is -0.466 e. The molecule has 2 aromatic heterocycles. The molecule has 1 aliphatic rings. The topological polar surface area (TPSA) is 63.0 Å². The molecule has 5 rings (SSSR count). The lowest BCUT2D eigenvalue weighted by Gasteiger charge is -2.27. The quantitative estimate of drug-likeness (QED) is 0.276. The molecule has 4 aromatic rings. The van der Waals surface area contributed by atoms with Gasteiger partial charge in [-0.2, -0.15) is 5.26 Å². The van der Waals surface area contributed by atoms with Gasteiger partial charge in [-0.05, 0) is 48.8 Å². The summed E-state index contributed by atoms with van der Waals surface area (Å²) in [5.41, 5.74) is 2.83. The van der Waals surface area contributed by atoms with Crippen LogP contribution < -0.4 is 0 Å². The van der Waals surface area contributed by atoms with Crippen molar-refractivity contribution in [2.45, 2.75) is 45.4 Å². The van der Waals surface area contributed by atoms with Gasteiger partial charge in [0.25, 0.3) is 0 Å². The fraction of sp³-hybridized carbons (Fsp3) is 0.345. The van der Waals surface area contributed by atoms with Crippen LogP contribution in [0.3, 0.4) is 0 Å². The van der Waals surface area contributed by atoms with Gasteiger partial charge in [0.1, 0.15) is 0 Å². The van der Waals surface area contributed by atoms with E-state index in [0.29, 0.717) is 18.1 Å². The molecule has 2 atom stereocenters. The summed E-state index contributed by atoms with van der Waals surface area (Å²) < 4.78 is 6.61. The van der Waals surface area contributed by atoms with Crippen molar-refractivity contribution in [2.75, 3.05) is 6.61 Å². The third-order valence-electron chi connectivity index (χ3n) is 7.21. The molecule has 0 N–H and O–H groups in total. The van der Waals surface area contributed by atoms with E-state index in [2.05, 4.69) is 23.2 Å². The van der Waals surface area contributed by atoms with Crippen LogP contribution >= 0.6 is 11.3 Å². The van der Waals surface area contributed by atoms with Crippen LogP contribution in [0.5, 0.6) is 0 Å². The number of pyridine rings is 1. The normalized spacial score (nSPS) is 15.9. The SMILES string of the molecule is CCOC(=O)[C@@H](C)C(c1cc2cncc(-c3ccc(C#N)c4ccccc34)c2s1)C1CCCC1. The Kier molecular flexibility index (Phi) is 6.34. The fourth-order valence-corrected chi connectivity index (χ4v) is 7.05. The van der Waals surface area contributed by atoms with E-state index in [1.54, 1.807) is 11.3 Å². The first-order valence-corrected chi connectivity index (χ1v) is 12.9. The zero-order valence-corrected chi connectivity index (χ0v) is 20.4. The summed E-state index contributed by atoms with van der Waals surface area (Å²) in [6.07, 6.45) is 8.63. The molecule has 1 aliphatic carbocycles. The first-order valence-electron chi connectivity index (χ1n) is 12.1. The van der Waals surface area contributed by atoms with E-state index in [9.17, 15) is 10.1 Å². The summed E-state index contributed by atoms with van der Waals surface area (Å²) in [5, 5.41) is 12.7. The monoisotopic (exact) mass is 468 g/mol. The molecule has 5 heteroatoms. The summed E-state index contributed by atoms with van der Waals surface area (Å²) in [4.78, 5) is 18.6. The lowest BCUT2D eigenvalue weighted by Crippen LogP contribution is -2.26. The van der Waals surface area contributed by atoms with E-state index in [0.717, 1.165) is 40.1 Å². The van der Waals surface area contributed by atoms with Crippen molar-refractivity contribution in [1.82, 2.24) is 4.98 Å². The van der Waals surface area contributed by atoms with Crippen LogP contribution in [-0.2, 0) is 9.53 Å². The molecule has 0 spiro atoms. The molecule has 0 radical (unpaired) electrons.